The van der Waals surface area contributed by atoms with E-state index >= 15 is 0 Å². The summed E-state index contributed by atoms with van der Waals surface area (Å²) in [5.41, 5.74) is 2.06. The molecule has 3 rings (SSSR count). The van der Waals surface area contributed by atoms with Crippen LogP contribution < -0.4 is 4.74 Å². The molecule has 0 N–H and O–H groups in total. The van der Waals surface area contributed by atoms with E-state index in [1.807, 2.05) is 42.5 Å². The van der Waals surface area contributed by atoms with Crippen molar-refractivity contribution in [1.29, 1.82) is 0 Å². The smallest absolute Gasteiger partial charge is 0.260 e. The highest BCUT2D eigenvalue weighted by atomic mass is 35.5. The van der Waals surface area contributed by atoms with Crippen molar-refractivity contribution in [3.63, 3.8) is 0 Å². The predicted octanol–water partition coefficient (Wildman–Crippen LogP) is 3.08. The van der Waals surface area contributed by atoms with Crippen LogP contribution in [0.15, 0.2) is 48.5 Å². The Morgan fingerprint density at radius 3 is 2.23 bits per heavy atom. The molecule has 0 radical (unpaired) electrons. The van der Waals surface area contributed by atoms with Gasteiger partial charge in [0.2, 0.25) is 5.91 Å². The molecule has 0 saturated carbocycles. The Labute approximate surface area is 158 Å². The highest BCUT2D eigenvalue weighted by Gasteiger charge is 2.22. The van der Waals surface area contributed by atoms with Gasteiger partial charge in [-0.2, -0.15) is 0 Å². The van der Waals surface area contributed by atoms with Gasteiger partial charge in [0.15, 0.2) is 6.61 Å². The molecular weight excluding hydrogens is 352 g/mol. The number of nitrogens with zero attached hydrogens (tertiary/aromatic N) is 2. The Kier molecular flexibility index (Phi) is 5.78. The van der Waals surface area contributed by atoms with Crippen LogP contribution in [0.5, 0.6) is 5.75 Å². The Balaban J connectivity index is 1.56. The lowest BCUT2D eigenvalue weighted by Crippen LogP contribution is -2.51. The summed E-state index contributed by atoms with van der Waals surface area (Å²) >= 11 is 6.31. The molecule has 1 heterocycles. The molecular formula is C20H21ClN2O3. The third kappa shape index (κ3) is 4.35. The summed E-state index contributed by atoms with van der Waals surface area (Å²) in [7, 11) is 0. The SMILES string of the molecule is CC(=O)N1CCN(C(=O)COc2ccc(-c3ccccc3)cc2Cl)CC1. The summed E-state index contributed by atoms with van der Waals surface area (Å²) in [6, 6.07) is 15.5. The van der Waals surface area contributed by atoms with Crippen molar-refractivity contribution in [2.24, 2.45) is 0 Å². The predicted molar refractivity (Wildman–Crippen MR) is 101 cm³/mol. The number of halogens is 1. The molecule has 0 unspecified atom stereocenters. The zero-order valence-electron chi connectivity index (χ0n) is 14.7. The summed E-state index contributed by atoms with van der Waals surface area (Å²) in [5, 5.41) is 0.473. The molecule has 1 saturated heterocycles. The van der Waals surface area contributed by atoms with Crippen LogP contribution >= 0.6 is 11.6 Å². The van der Waals surface area contributed by atoms with Gasteiger partial charge in [-0.15, -0.1) is 0 Å². The van der Waals surface area contributed by atoms with Crippen LogP contribution in [0.2, 0.25) is 5.02 Å². The molecule has 136 valence electrons. The molecule has 0 spiro atoms. The van der Waals surface area contributed by atoms with E-state index in [0.29, 0.717) is 37.0 Å². The van der Waals surface area contributed by atoms with Crippen LogP contribution in [0.25, 0.3) is 11.1 Å². The minimum absolute atomic E-state index is 0.0404. The second-order valence-electron chi connectivity index (χ2n) is 6.19. The molecule has 1 aliphatic rings. The summed E-state index contributed by atoms with van der Waals surface area (Å²) in [5.74, 6) is 0.428. The summed E-state index contributed by atoms with van der Waals surface area (Å²) in [6.07, 6.45) is 0. The number of carbonyl (C=O) groups is 2. The van der Waals surface area contributed by atoms with Gasteiger partial charge >= 0.3 is 0 Å². The quantitative estimate of drug-likeness (QED) is 0.828. The van der Waals surface area contributed by atoms with E-state index in [4.69, 9.17) is 16.3 Å². The van der Waals surface area contributed by atoms with Crippen molar-refractivity contribution in [2.75, 3.05) is 32.8 Å². The highest BCUT2D eigenvalue weighted by molar-refractivity contribution is 6.32. The average molecular weight is 373 g/mol. The molecule has 6 heteroatoms. The summed E-state index contributed by atoms with van der Waals surface area (Å²) in [4.78, 5) is 27.1. The standard InChI is InChI=1S/C20H21ClN2O3/c1-15(24)22-9-11-23(12-10-22)20(25)14-26-19-8-7-17(13-18(19)21)16-5-3-2-4-6-16/h2-8,13H,9-12,14H2,1H3. The van der Waals surface area contributed by atoms with Crippen LogP contribution in [0.1, 0.15) is 6.92 Å². The number of ether oxygens (including phenoxy) is 1. The molecule has 2 aromatic rings. The van der Waals surface area contributed by atoms with Crippen LogP contribution in [-0.2, 0) is 9.59 Å². The lowest BCUT2D eigenvalue weighted by molar-refractivity contribution is -0.139. The number of hydrogen-bond donors (Lipinski definition) is 0. The van der Waals surface area contributed by atoms with Crippen molar-refractivity contribution < 1.29 is 14.3 Å². The molecule has 1 fully saturated rings. The summed E-state index contributed by atoms with van der Waals surface area (Å²) < 4.78 is 5.61. The molecule has 2 amide bonds. The first kappa shape index (κ1) is 18.3. The van der Waals surface area contributed by atoms with Gasteiger partial charge in [0.1, 0.15) is 5.75 Å². The highest BCUT2D eigenvalue weighted by Crippen LogP contribution is 2.30. The fraction of sp³-hybridized carbons (Fsp3) is 0.300. The second kappa shape index (κ2) is 8.23. The maximum atomic E-state index is 12.3. The third-order valence-electron chi connectivity index (χ3n) is 4.47. The minimum Gasteiger partial charge on any atom is -0.482 e. The molecule has 0 atom stereocenters. The minimum atomic E-state index is -0.101. The van der Waals surface area contributed by atoms with E-state index < -0.39 is 0 Å². The topological polar surface area (TPSA) is 49.9 Å². The zero-order valence-corrected chi connectivity index (χ0v) is 15.4. The molecule has 2 aromatic carbocycles. The van der Waals surface area contributed by atoms with Crippen molar-refractivity contribution in [3.05, 3.63) is 53.6 Å². The first-order chi connectivity index (χ1) is 12.5. The van der Waals surface area contributed by atoms with E-state index in [1.54, 1.807) is 22.8 Å². The number of piperazine rings is 1. The van der Waals surface area contributed by atoms with Gasteiger partial charge in [-0.25, -0.2) is 0 Å². The van der Waals surface area contributed by atoms with Crippen molar-refractivity contribution >= 4 is 23.4 Å². The van der Waals surface area contributed by atoms with Crippen molar-refractivity contribution in [3.8, 4) is 16.9 Å². The fourth-order valence-corrected chi connectivity index (χ4v) is 3.16. The molecule has 1 aliphatic heterocycles. The number of carbonyl (C=O) groups excluding carboxylic acids is 2. The van der Waals surface area contributed by atoms with Crippen molar-refractivity contribution in [2.45, 2.75) is 6.92 Å². The van der Waals surface area contributed by atoms with E-state index in [0.717, 1.165) is 11.1 Å². The Morgan fingerprint density at radius 1 is 0.962 bits per heavy atom. The molecule has 26 heavy (non-hydrogen) atoms. The summed E-state index contributed by atoms with van der Waals surface area (Å²) in [6.45, 7) is 3.66. The lowest BCUT2D eigenvalue weighted by atomic mass is 10.1. The van der Waals surface area contributed by atoms with Crippen molar-refractivity contribution in [1.82, 2.24) is 9.80 Å². The van der Waals surface area contributed by atoms with Crippen LogP contribution in [0, 0.1) is 0 Å². The first-order valence-electron chi connectivity index (χ1n) is 8.55. The molecule has 0 aliphatic carbocycles. The fourth-order valence-electron chi connectivity index (χ4n) is 2.93. The maximum Gasteiger partial charge on any atom is 0.260 e. The Bertz CT molecular complexity index is 787. The van der Waals surface area contributed by atoms with E-state index in [-0.39, 0.29) is 18.4 Å². The van der Waals surface area contributed by atoms with E-state index in [2.05, 4.69) is 0 Å². The van der Waals surface area contributed by atoms with Gasteiger partial charge in [0.05, 0.1) is 5.02 Å². The Hall–Kier alpha value is -2.53. The number of amides is 2. The molecule has 5 nitrogen and oxygen atoms in total. The first-order valence-corrected chi connectivity index (χ1v) is 8.93. The monoisotopic (exact) mass is 372 g/mol. The second-order valence-corrected chi connectivity index (χ2v) is 6.59. The largest absolute Gasteiger partial charge is 0.482 e. The van der Waals surface area contributed by atoms with Gasteiger partial charge in [-0.1, -0.05) is 48.0 Å². The van der Waals surface area contributed by atoms with E-state index in [1.165, 1.54) is 0 Å². The van der Waals surface area contributed by atoms with E-state index in [9.17, 15) is 9.59 Å². The average Bonchev–Trinajstić information content (AvgIpc) is 2.67. The van der Waals surface area contributed by atoms with Gasteiger partial charge in [0.25, 0.3) is 5.91 Å². The number of hydrogen-bond acceptors (Lipinski definition) is 3. The van der Waals surface area contributed by atoms with Gasteiger partial charge in [0, 0.05) is 33.1 Å². The molecule has 0 bridgehead atoms. The zero-order chi connectivity index (χ0) is 18.5. The third-order valence-corrected chi connectivity index (χ3v) is 4.76. The van der Waals surface area contributed by atoms with Crippen LogP contribution in [-0.4, -0.2) is 54.4 Å². The maximum absolute atomic E-state index is 12.3. The lowest BCUT2D eigenvalue weighted by Gasteiger charge is -2.34. The Morgan fingerprint density at radius 2 is 1.62 bits per heavy atom. The normalized spacial score (nSPS) is 14.2. The van der Waals surface area contributed by atoms with Gasteiger partial charge in [-0.05, 0) is 23.3 Å². The molecule has 0 aromatic heterocycles. The van der Waals surface area contributed by atoms with Crippen LogP contribution in [0.4, 0.5) is 0 Å². The number of benzene rings is 2. The number of rotatable bonds is 4. The van der Waals surface area contributed by atoms with Crippen LogP contribution in [0.3, 0.4) is 0 Å². The van der Waals surface area contributed by atoms with Gasteiger partial charge in [-0.3, -0.25) is 9.59 Å². The van der Waals surface area contributed by atoms with Gasteiger partial charge < -0.3 is 14.5 Å².